The van der Waals surface area contributed by atoms with E-state index >= 15 is 0 Å². The van der Waals surface area contributed by atoms with Crippen molar-refractivity contribution in [3.8, 4) is 0 Å². The zero-order valence-corrected chi connectivity index (χ0v) is 11.7. The van der Waals surface area contributed by atoms with Crippen LogP contribution >= 0.6 is 0 Å². The monoisotopic (exact) mass is 271 g/mol. The molecule has 0 N–H and O–H groups in total. The van der Waals surface area contributed by atoms with Gasteiger partial charge in [-0.05, 0) is 17.7 Å². The molecule has 0 amide bonds. The molecule has 98 valence electrons. The normalized spacial score (nSPS) is 14.2. The Labute approximate surface area is 115 Å². The van der Waals surface area contributed by atoms with Gasteiger partial charge in [-0.2, -0.15) is 0 Å². The zero-order chi connectivity index (χ0) is 13.6. The Kier molecular flexibility index (Phi) is 4.53. The fourth-order valence-corrected chi connectivity index (χ4v) is 3.28. The summed E-state index contributed by atoms with van der Waals surface area (Å²) in [6.45, 7) is 0. The summed E-state index contributed by atoms with van der Waals surface area (Å²) in [5, 5.41) is 0. The molecule has 0 fully saturated rings. The molecule has 0 aliphatic rings. The second kappa shape index (κ2) is 6.34. The molecule has 0 radical (unpaired) electrons. The zero-order valence-electron chi connectivity index (χ0n) is 10.9. The van der Waals surface area contributed by atoms with E-state index in [0.29, 0.717) is 5.75 Å². The van der Waals surface area contributed by atoms with Crippen molar-refractivity contribution in [2.45, 2.75) is 4.90 Å². The van der Waals surface area contributed by atoms with Gasteiger partial charge in [0.2, 0.25) is 0 Å². The van der Waals surface area contributed by atoms with Crippen LogP contribution in [-0.2, 0) is 9.73 Å². The van der Waals surface area contributed by atoms with Crippen LogP contribution in [0.1, 0.15) is 5.56 Å². The summed E-state index contributed by atoms with van der Waals surface area (Å²) in [5.41, 5.74) is 1.11. The lowest BCUT2D eigenvalue weighted by atomic mass is 10.2. The molecule has 0 aliphatic carbocycles. The van der Waals surface area contributed by atoms with Crippen molar-refractivity contribution in [1.29, 1.82) is 0 Å². The highest BCUT2D eigenvalue weighted by Gasteiger charge is 2.08. The lowest BCUT2D eigenvalue weighted by Crippen LogP contribution is -2.04. The topological polar surface area (TPSA) is 29.4 Å². The molecule has 0 heterocycles. The Morgan fingerprint density at radius 2 is 1.58 bits per heavy atom. The second-order valence-electron chi connectivity index (χ2n) is 4.12. The van der Waals surface area contributed by atoms with Crippen LogP contribution in [0.3, 0.4) is 0 Å². The van der Waals surface area contributed by atoms with Crippen molar-refractivity contribution in [3.63, 3.8) is 0 Å². The maximum atomic E-state index is 12.7. The minimum absolute atomic E-state index is 0.433. The first kappa shape index (κ1) is 13.6. The van der Waals surface area contributed by atoms with E-state index in [4.69, 9.17) is 0 Å². The standard InChI is InChI=1S/C16H17NOS/c1-17-19(18,16-12-6-3-7-13-16)14-8-11-15-9-4-2-5-10-15/h2-13H,14H2,1H3/b11-8-/t19-/m0/s1. The molecule has 2 aromatic rings. The van der Waals surface area contributed by atoms with E-state index in [1.807, 2.05) is 72.8 Å². The van der Waals surface area contributed by atoms with Crippen LogP contribution in [0.4, 0.5) is 0 Å². The first-order chi connectivity index (χ1) is 9.24. The molecule has 0 saturated heterocycles. The maximum Gasteiger partial charge on any atom is 0.0785 e. The molecule has 2 rings (SSSR count). The van der Waals surface area contributed by atoms with Crippen molar-refractivity contribution in [2.24, 2.45) is 4.36 Å². The molecule has 0 unspecified atom stereocenters. The van der Waals surface area contributed by atoms with E-state index in [9.17, 15) is 4.21 Å². The van der Waals surface area contributed by atoms with Crippen molar-refractivity contribution in [1.82, 2.24) is 0 Å². The van der Waals surface area contributed by atoms with E-state index in [0.717, 1.165) is 10.5 Å². The van der Waals surface area contributed by atoms with Crippen molar-refractivity contribution < 1.29 is 4.21 Å². The number of hydrogen-bond donors (Lipinski definition) is 0. The third-order valence-corrected chi connectivity index (χ3v) is 5.08. The van der Waals surface area contributed by atoms with Gasteiger partial charge in [0.05, 0.1) is 15.5 Å². The fourth-order valence-electron chi connectivity index (χ4n) is 1.79. The molecule has 19 heavy (non-hydrogen) atoms. The smallest absolute Gasteiger partial charge is 0.0785 e. The van der Waals surface area contributed by atoms with Gasteiger partial charge in [-0.25, -0.2) is 8.57 Å². The van der Waals surface area contributed by atoms with Gasteiger partial charge in [0, 0.05) is 11.9 Å². The van der Waals surface area contributed by atoms with Gasteiger partial charge in [-0.15, -0.1) is 0 Å². The molecule has 0 bridgehead atoms. The summed E-state index contributed by atoms with van der Waals surface area (Å²) in [7, 11) is -0.721. The Hall–Kier alpha value is -1.87. The van der Waals surface area contributed by atoms with E-state index in [-0.39, 0.29) is 0 Å². The minimum Gasteiger partial charge on any atom is -0.244 e. The van der Waals surface area contributed by atoms with Crippen LogP contribution < -0.4 is 0 Å². The Morgan fingerprint density at radius 3 is 2.16 bits per heavy atom. The first-order valence-electron chi connectivity index (χ1n) is 6.14. The SMILES string of the molecule is CN=[S@](=O)(C/C=C\c1ccccc1)c1ccccc1. The van der Waals surface area contributed by atoms with Crippen LogP contribution in [0.5, 0.6) is 0 Å². The van der Waals surface area contributed by atoms with Crippen LogP contribution in [0.2, 0.25) is 0 Å². The van der Waals surface area contributed by atoms with Crippen molar-refractivity contribution in [3.05, 3.63) is 72.3 Å². The molecule has 3 heteroatoms. The molecular weight excluding hydrogens is 254 g/mol. The highest BCUT2D eigenvalue weighted by atomic mass is 32.2. The highest BCUT2D eigenvalue weighted by molar-refractivity contribution is 7.93. The number of nitrogens with zero attached hydrogens (tertiary/aromatic N) is 1. The van der Waals surface area contributed by atoms with Gasteiger partial charge < -0.3 is 0 Å². The molecular formula is C16H17NOS. The van der Waals surface area contributed by atoms with Gasteiger partial charge in [0.25, 0.3) is 0 Å². The van der Waals surface area contributed by atoms with Gasteiger partial charge in [-0.3, -0.25) is 0 Å². The number of hydrogen-bond acceptors (Lipinski definition) is 2. The number of benzene rings is 2. The lowest BCUT2D eigenvalue weighted by molar-refractivity contribution is 0.678. The average Bonchev–Trinajstić information content (AvgIpc) is 2.49. The second-order valence-corrected chi connectivity index (χ2v) is 6.57. The van der Waals surface area contributed by atoms with Crippen LogP contribution in [-0.4, -0.2) is 17.0 Å². The molecule has 0 aliphatic heterocycles. The van der Waals surface area contributed by atoms with Gasteiger partial charge in [0.15, 0.2) is 0 Å². The largest absolute Gasteiger partial charge is 0.244 e. The van der Waals surface area contributed by atoms with E-state index in [2.05, 4.69) is 4.36 Å². The molecule has 2 aromatic carbocycles. The lowest BCUT2D eigenvalue weighted by Gasteiger charge is -2.06. The minimum atomic E-state index is -2.34. The van der Waals surface area contributed by atoms with Crippen molar-refractivity contribution >= 4 is 15.8 Å². The summed E-state index contributed by atoms with van der Waals surface area (Å²) in [5.74, 6) is 0.433. The summed E-state index contributed by atoms with van der Waals surface area (Å²) in [4.78, 5) is 0.787. The Balaban J connectivity index is 2.18. The first-order valence-corrected chi connectivity index (χ1v) is 7.82. The van der Waals surface area contributed by atoms with E-state index in [1.165, 1.54) is 0 Å². The van der Waals surface area contributed by atoms with Crippen LogP contribution in [0, 0.1) is 0 Å². The van der Waals surface area contributed by atoms with Crippen molar-refractivity contribution in [2.75, 3.05) is 12.8 Å². The molecule has 1 atom stereocenters. The Morgan fingerprint density at radius 1 is 1.00 bits per heavy atom. The summed E-state index contributed by atoms with van der Waals surface area (Å²) in [6, 6.07) is 19.4. The van der Waals surface area contributed by atoms with Crippen LogP contribution in [0.15, 0.2) is 76.0 Å². The molecule has 0 spiro atoms. The molecule has 2 nitrogen and oxygen atoms in total. The fraction of sp³-hybridized carbons (Fsp3) is 0.125. The van der Waals surface area contributed by atoms with Crippen LogP contribution in [0.25, 0.3) is 6.08 Å². The van der Waals surface area contributed by atoms with Gasteiger partial charge >= 0.3 is 0 Å². The highest BCUT2D eigenvalue weighted by Crippen LogP contribution is 2.14. The maximum absolute atomic E-state index is 12.7. The number of rotatable bonds is 4. The summed E-state index contributed by atoms with van der Waals surface area (Å²) in [6.07, 6.45) is 3.91. The quantitative estimate of drug-likeness (QED) is 0.830. The summed E-state index contributed by atoms with van der Waals surface area (Å²) < 4.78 is 16.8. The predicted octanol–water partition coefficient (Wildman–Crippen LogP) is 3.86. The Bertz CT molecular complexity index is 654. The summed E-state index contributed by atoms with van der Waals surface area (Å²) >= 11 is 0. The van der Waals surface area contributed by atoms with E-state index in [1.54, 1.807) is 7.05 Å². The van der Waals surface area contributed by atoms with E-state index < -0.39 is 9.73 Å². The predicted molar refractivity (Wildman–Crippen MR) is 81.5 cm³/mol. The molecule has 0 saturated carbocycles. The molecule has 0 aromatic heterocycles. The van der Waals surface area contributed by atoms with Gasteiger partial charge in [0.1, 0.15) is 0 Å². The third-order valence-electron chi connectivity index (χ3n) is 2.84. The third kappa shape index (κ3) is 3.55. The van der Waals surface area contributed by atoms with Gasteiger partial charge in [-0.1, -0.05) is 60.7 Å². The average molecular weight is 271 g/mol.